The van der Waals surface area contributed by atoms with Crippen LogP contribution in [0.1, 0.15) is 20.3 Å². The van der Waals surface area contributed by atoms with Gasteiger partial charge in [0.15, 0.2) is 11.5 Å². The number of benzene rings is 2. The second kappa shape index (κ2) is 11.9. The largest absolute Gasteiger partial charge is 0.481 e. The van der Waals surface area contributed by atoms with E-state index in [4.69, 9.17) is 9.47 Å². The second-order valence-electron chi connectivity index (χ2n) is 7.24. The molecule has 0 fully saturated rings. The van der Waals surface area contributed by atoms with Gasteiger partial charge in [-0.1, -0.05) is 12.1 Å². The highest BCUT2D eigenvalue weighted by Gasteiger charge is 2.15. The van der Waals surface area contributed by atoms with E-state index < -0.39 is 18.0 Å². The predicted molar refractivity (Wildman–Crippen MR) is 130 cm³/mol. The Morgan fingerprint density at radius 3 is 2.47 bits per heavy atom. The molecule has 34 heavy (non-hydrogen) atoms. The lowest BCUT2D eigenvalue weighted by Gasteiger charge is -2.15. The van der Waals surface area contributed by atoms with Crippen molar-refractivity contribution in [2.75, 3.05) is 19.8 Å². The minimum Gasteiger partial charge on any atom is -0.481 e. The molecule has 0 aliphatic carbocycles. The molecule has 0 radical (unpaired) electrons. The zero-order valence-corrected chi connectivity index (χ0v) is 19.7. The highest BCUT2D eigenvalue weighted by Crippen LogP contribution is 2.27. The number of rotatable bonds is 10. The number of ether oxygens (including phenoxy) is 3. The summed E-state index contributed by atoms with van der Waals surface area (Å²) in [6, 6.07) is 12.7. The maximum absolute atomic E-state index is 12.8. The van der Waals surface area contributed by atoms with Crippen LogP contribution in [-0.2, 0) is 23.9 Å². The number of carbonyl (C=O) groups is 3. The molecular weight excluding hydrogens is 458 g/mol. The van der Waals surface area contributed by atoms with E-state index in [1.807, 2.05) is 24.3 Å². The van der Waals surface area contributed by atoms with E-state index in [1.54, 1.807) is 32.0 Å². The standard InChI is InChI=1S/C25H25NO7S/c1-3-31-22(27)11-12-23(28)32-14-6-13-26-25(30)16(2)33-17-9-10-21-19(15-17)24(29)18-7-4-5-8-20(18)34-21/h4-5,7-12,15-16H,3,6,13-14H2,1-2H3,(H,26,30)/b12-11-. The summed E-state index contributed by atoms with van der Waals surface area (Å²) < 4.78 is 17.1. The van der Waals surface area contributed by atoms with Gasteiger partial charge in [-0.15, -0.1) is 11.3 Å². The first-order valence-electron chi connectivity index (χ1n) is 10.8. The maximum atomic E-state index is 12.8. The Labute approximate surface area is 200 Å². The third-order valence-electron chi connectivity index (χ3n) is 4.74. The molecule has 1 heterocycles. The van der Waals surface area contributed by atoms with Crippen molar-refractivity contribution in [1.82, 2.24) is 5.32 Å². The smallest absolute Gasteiger partial charge is 0.331 e. The average molecular weight is 484 g/mol. The lowest BCUT2D eigenvalue weighted by molar-refractivity contribution is -0.140. The molecule has 1 atom stereocenters. The quantitative estimate of drug-likeness (QED) is 0.204. The first kappa shape index (κ1) is 24.9. The van der Waals surface area contributed by atoms with E-state index in [9.17, 15) is 19.2 Å². The van der Waals surface area contributed by atoms with Crippen molar-refractivity contribution < 1.29 is 28.6 Å². The monoisotopic (exact) mass is 483 g/mol. The van der Waals surface area contributed by atoms with Gasteiger partial charge in [-0.25, -0.2) is 9.59 Å². The summed E-state index contributed by atoms with van der Waals surface area (Å²) >= 11 is 1.53. The van der Waals surface area contributed by atoms with Gasteiger partial charge >= 0.3 is 11.9 Å². The van der Waals surface area contributed by atoms with Crippen LogP contribution in [0.2, 0.25) is 0 Å². The molecule has 178 valence electrons. The van der Waals surface area contributed by atoms with E-state index in [1.165, 1.54) is 11.3 Å². The van der Waals surface area contributed by atoms with Gasteiger partial charge in [-0.2, -0.15) is 0 Å². The van der Waals surface area contributed by atoms with Crippen LogP contribution in [0.3, 0.4) is 0 Å². The van der Waals surface area contributed by atoms with Gasteiger partial charge in [0.05, 0.1) is 13.2 Å². The van der Waals surface area contributed by atoms with Gasteiger partial charge in [0.1, 0.15) is 5.75 Å². The van der Waals surface area contributed by atoms with Crippen molar-refractivity contribution in [1.29, 1.82) is 0 Å². The van der Waals surface area contributed by atoms with Crippen LogP contribution in [0.5, 0.6) is 5.75 Å². The second-order valence-corrected chi connectivity index (χ2v) is 8.33. The Morgan fingerprint density at radius 2 is 1.71 bits per heavy atom. The third kappa shape index (κ3) is 6.64. The molecule has 3 aromatic rings. The lowest BCUT2D eigenvalue weighted by atomic mass is 10.2. The van der Waals surface area contributed by atoms with Crippen molar-refractivity contribution in [2.45, 2.75) is 26.4 Å². The summed E-state index contributed by atoms with van der Waals surface area (Å²) in [5.41, 5.74) is -0.0708. The Bertz CT molecular complexity index is 1280. The fourth-order valence-electron chi connectivity index (χ4n) is 3.09. The number of hydrogen-bond donors (Lipinski definition) is 1. The average Bonchev–Trinajstić information content (AvgIpc) is 2.83. The van der Waals surface area contributed by atoms with Crippen LogP contribution in [0.4, 0.5) is 0 Å². The minimum atomic E-state index is -0.785. The van der Waals surface area contributed by atoms with Crippen LogP contribution < -0.4 is 15.5 Å². The molecule has 9 heteroatoms. The number of hydrogen-bond acceptors (Lipinski definition) is 8. The van der Waals surface area contributed by atoms with Gasteiger partial charge < -0.3 is 19.5 Å². The SMILES string of the molecule is CCOC(=O)/C=C\C(=O)OCCCNC(=O)C(C)Oc1ccc2sc3ccccc3c(=O)c2c1. The van der Waals surface area contributed by atoms with Gasteiger partial charge in [-0.3, -0.25) is 9.59 Å². The van der Waals surface area contributed by atoms with Crippen LogP contribution in [0, 0.1) is 0 Å². The normalized spacial score (nSPS) is 11.9. The molecule has 0 spiro atoms. The van der Waals surface area contributed by atoms with Crippen molar-refractivity contribution in [3.05, 3.63) is 64.8 Å². The van der Waals surface area contributed by atoms with Gasteiger partial charge in [0.25, 0.3) is 5.91 Å². The first-order valence-corrected chi connectivity index (χ1v) is 11.6. The van der Waals surface area contributed by atoms with Crippen LogP contribution in [0.15, 0.2) is 59.4 Å². The highest BCUT2D eigenvalue weighted by atomic mass is 32.1. The molecule has 1 unspecified atom stereocenters. The Morgan fingerprint density at radius 1 is 1.00 bits per heavy atom. The fourth-order valence-corrected chi connectivity index (χ4v) is 4.14. The number of fused-ring (bicyclic) bond motifs is 2. The van der Waals surface area contributed by atoms with E-state index in [0.29, 0.717) is 22.9 Å². The summed E-state index contributed by atoms with van der Waals surface area (Å²) in [6.45, 7) is 3.85. The Hall–Kier alpha value is -3.72. The molecule has 8 nitrogen and oxygen atoms in total. The van der Waals surface area contributed by atoms with Crippen LogP contribution in [-0.4, -0.2) is 43.7 Å². The highest BCUT2D eigenvalue weighted by molar-refractivity contribution is 7.24. The first-order chi connectivity index (χ1) is 16.4. The van der Waals surface area contributed by atoms with Crippen molar-refractivity contribution in [3.8, 4) is 5.75 Å². The van der Waals surface area contributed by atoms with Crippen molar-refractivity contribution in [2.24, 2.45) is 0 Å². The molecule has 2 aromatic carbocycles. The third-order valence-corrected chi connectivity index (χ3v) is 5.89. The van der Waals surface area contributed by atoms with Crippen molar-refractivity contribution in [3.63, 3.8) is 0 Å². The number of carbonyl (C=O) groups excluding carboxylic acids is 3. The number of amides is 1. The zero-order chi connectivity index (χ0) is 24.5. The van der Waals surface area contributed by atoms with Crippen molar-refractivity contribution >= 4 is 49.4 Å². The molecule has 1 amide bonds. The summed E-state index contributed by atoms with van der Waals surface area (Å²) in [7, 11) is 0. The fraction of sp³-hybridized carbons (Fsp3) is 0.280. The van der Waals surface area contributed by atoms with E-state index in [-0.39, 0.29) is 31.1 Å². The molecule has 0 saturated carbocycles. The number of nitrogens with one attached hydrogen (secondary N) is 1. The van der Waals surface area contributed by atoms with Crippen LogP contribution in [0.25, 0.3) is 20.2 Å². The van der Waals surface area contributed by atoms with E-state index in [0.717, 1.165) is 21.6 Å². The number of esters is 2. The summed E-state index contributed by atoms with van der Waals surface area (Å²) in [5.74, 6) is -1.19. The van der Waals surface area contributed by atoms with Crippen LogP contribution >= 0.6 is 11.3 Å². The molecule has 0 aliphatic heterocycles. The molecule has 0 saturated heterocycles. The molecule has 0 aliphatic rings. The van der Waals surface area contributed by atoms with Gasteiger partial charge in [0.2, 0.25) is 0 Å². The molecular formula is C25H25NO7S. The lowest BCUT2D eigenvalue weighted by Crippen LogP contribution is -2.37. The topological polar surface area (TPSA) is 108 Å². The molecule has 1 N–H and O–H groups in total. The Kier molecular flexibility index (Phi) is 8.75. The minimum absolute atomic E-state index is 0.0708. The summed E-state index contributed by atoms with van der Waals surface area (Å²) in [6.07, 6.45) is 1.60. The summed E-state index contributed by atoms with van der Waals surface area (Å²) in [4.78, 5) is 47.8. The van der Waals surface area contributed by atoms with Gasteiger partial charge in [-0.05, 0) is 50.6 Å². The summed E-state index contributed by atoms with van der Waals surface area (Å²) in [5, 5.41) is 3.91. The van der Waals surface area contributed by atoms with E-state index in [2.05, 4.69) is 10.1 Å². The predicted octanol–water partition coefficient (Wildman–Crippen LogP) is 3.35. The molecule has 0 bridgehead atoms. The van der Waals surface area contributed by atoms with Gasteiger partial charge in [0, 0.05) is 38.9 Å². The maximum Gasteiger partial charge on any atom is 0.331 e. The molecule has 1 aromatic heterocycles. The molecule has 3 rings (SSSR count). The zero-order valence-electron chi connectivity index (χ0n) is 18.9. The van der Waals surface area contributed by atoms with E-state index >= 15 is 0 Å². The Balaban J connectivity index is 1.47.